The Balaban J connectivity index is 3.56. The normalized spacial score (nSPS) is 11.8. The third-order valence-corrected chi connectivity index (χ3v) is 3.14. The monoisotopic (exact) mass is 238 g/mol. The zero-order chi connectivity index (χ0) is 13.5. The quantitative estimate of drug-likeness (QED) is 0.593. The van der Waals surface area contributed by atoms with E-state index in [0.717, 1.165) is 6.42 Å². The van der Waals surface area contributed by atoms with E-state index in [-0.39, 0.29) is 0 Å². The fourth-order valence-corrected chi connectivity index (χ4v) is 2.10. The van der Waals surface area contributed by atoms with E-state index in [4.69, 9.17) is 0 Å². The van der Waals surface area contributed by atoms with Gasteiger partial charge >= 0.3 is 0 Å². The fraction of sp³-hybridized carbons (Fsp3) is 0.222. The van der Waals surface area contributed by atoms with E-state index in [9.17, 15) is 0 Å². The van der Waals surface area contributed by atoms with Gasteiger partial charge in [0, 0.05) is 0 Å². The van der Waals surface area contributed by atoms with Gasteiger partial charge < -0.3 is 0 Å². The Kier molecular flexibility index (Phi) is 5.38. The van der Waals surface area contributed by atoms with Gasteiger partial charge in [0.25, 0.3) is 0 Å². The van der Waals surface area contributed by atoms with Crippen molar-refractivity contribution in [2.75, 3.05) is 0 Å². The van der Waals surface area contributed by atoms with E-state index >= 15 is 0 Å². The maximum absolute atomic E-state index is 3.97. The van der Waals surface area contributed by atoms with Gasteiger partial charge in [-0.05, 0) is 55.0 Å². The summed E-state index contributed by atoms with van der Waals surface area (Å²) in [6, 6.07) is 4.37. The highest BCUT2D eigenvalue weighted by Gasteiger charge is 2.09. The topological polar surface area (TPSA) is 0 Å². The smallest absolute Gasteiger partial charge is 0.00940 e. The average molecular weight is 238 g/mol. The maximum Gasteiger partial charge on any atom is -0.00940 e. The van der Waals surface area contributed by atoms with Crippen molar-refractivity contribution in [3.8, 4) is 0 Å². The number of hydrogen-bond donors (Lipinski definition) is 0. The first-order chi connectivity index (χ1) is 8.69. The van der Waals surface area contributed by atoms with Crippen LogP contribution in [0.5, 0.6) is 0 Å². The van der Waals surface area contributed by atoms with Crippen LogP contribution in [-0.2, 0) is 6.42 Å². The van der Waals surface area contributed by atoms with Gasteiger partial charge in [-0.15, -0.1) is 6.58 Å². The molecule has 18 heavy (non-hydrogen) atoms. The minimum Gasteiger partial charge on any atom is -0.103 e. The Bertz CT molecular complexity index is 499. The second kappa shape index (κ2) is 6.80. The lowest BCUT2D eigenvalue weighted by molar-refractivity contribution is 1.25. The Labute approximate surface area is 111 Å². The highest BCUT2D eigenvalue weighted by atomic mass is 14.1. The van der Waals surface area contributed by atoms with Crippen molar-refractivity contribution in [1.82, 2.24) is 0 Å². The summed E-state index contributed by atoms with van der Waals surface area (Å²) in [5, 5.41) is 0. The molecule has 0 radical (unpaired) electrons. The Morgan fingerprint density at radius 1 is 1.17 bits per heavy atom. The molecule has 0 aliphatic carbocycles. The molecule has 0 spiro atoms. The van der Waals surface area contributed by atoms with Crippen LogP contribution in [0.2, 0.25) is 0 Å². The number of benzene rings is 1. The molecule has 0 atom stereocenters. The molecule has 0 aromatic heterocycles. The summed E-state index contributed by atoms with van der Waals surface area (Å²) in [7, 11) is 0. The summed E-state index contributed by atoms with van der Waals surface area (Å²) >= 11 is 0. The van der Waals surface area contributed by atoms with E-state index in [0.29, 0.717) is 0 Å². The third kappa shape index (κ3) is 2.89. The number of allylic oxidation sites excluding steroid dienone is 4. The zero-order valence-corrected chi connectivity index (χ0v) is 11.7. The lowest BCUT2D eigenvalue weighted by Crippen LogP contribution is -1.96. The Hall–Kier alpha value is -1.82. The van der Waals surface area contributed by atoms with Crippen molar-refractivity contribution in [2.24, 2.45) is 0 Å². The summed E-state index contributed by atoms with van der Waals surface area (Å²) in [4.78, 5) is 0. The van der Waals surface area contributed by atoms with Gasteiger partial charge in [-0.1, -0.05) is 49.1 Å². The van der Waals surface area contributed by atoms with Crippen molar-refractivity contribution in [2.45, 2.75) is 27.2 Å². The predicted octanol–water partition coefficient (Wildman–Crippen LogP) is 5.51. The molecule has 0 unspecified atom stereocenters. The number of hydrogen-bond acceptors (Lipinski definition) is 0. The first-order valence-electron chi connectivity index (χ1n) is 6.34. The molecule has 0 amide bonds. The van der Waals surface area contributed by atoms with Crippen LogP contribution in [0.15, 0.2) is 43.5 Å². The van der Waals surface area contributed by atoms with Crippen LogP contribution in [0.25, 0.3) is 17.7 Å². The number of rotatable bonds is 5. The molecule has 0 aliphatic rings. The molecule has 0 fully saturated rings. The van der Waals surface area contributed by atoms with Gasteiger partial charge in [-0.3, -0.25) is 0 Å². The molecule has 94 valence electrons. The second-order valence-corrected chi connectivity index (χ2v) is 4.27. The lowest BCUT2D eigenvalue weighted by atomic mass is 9.90. The van der Waals surface area contributed by atoms with Crippen LogP contribution in [0.1, 0.15) is 43.0 Å². The summed E-state index contributed by atoms with van der Waals surface area (Å²) in [6.07, 6.45) is 11.1. The molecule has 1 rings (SSSR count). The minimum absolute atomic E-state index is 0.885. The van der Waals surface area contributed by atoms with E-state index in [2.05, 4.69) is 57.4 Å². The van der Waals surface area contributed by atoms with Gasteiger partial charge in [-0.25, -0.2) is 0 Å². The predicted molar refractivity (Wildman–Crippen MR) is 84.5 cm³/mol. The largest absolute Gasteiger partial charge is 0.103 e. The average Bonchev–Trinajstić information content (AvgIpc) is 2.39. The molecule has 1 aromatic carbocycles. The van der Waals surface area contributed by atoms with Gasteiger partial charge in [-0.2, -0.15) is 0 Å². The van der Waals surface area contributed by atoms with E-state index in [1.165, 1.54) is 27.8 Å². The van der Waals surface area contributed by atoms with Gasteiger partial charge in [0.1, 0.15) is 0 Å². The fourth-order valence-electron chi connectivity index (χ4n) is 2.10. The van der Waals surface area contributed by atoms with Crippen LogP contribution < -0.4 is 0 Å². The summed E-state index contributed by atoms with van der Waals surface area (Å²) in [5.74, 6) is 0. The van der Waals surface area contributed by atoms with Crippen LogP contribution in [0.3, 0.4) is 0 Å². The first-order valence-corrected chi connectivity index (χ1v) is 6.34. The maximum atomic E-state index is 3.97. The summed E-state index contributed by atoms with van der Waals surface area (Å²) in [5.41, 5.74) is 6.30. The van der Waals surface area contributed by atoms with Gasteiger partial charge in [0.2, 0.25) is 0 Å². The van der Waals surface area contributed by atoms with Crippen LogP contribution in [0, 0.1) is 0 Å². The van der Waals surface area contributed by atoms with Gasteiger partial charge in [0.15, 0.2) is 0 Å². The minimum atomic E-state index is 0.885. The Morgan fingerprint density at radius 3 is 2.39 bits per heavy atom. The van der Waals surface area contributed by atoms with E-state index < -0.39 is 0 Å². The summed E-state index contributed by atoms with van der Waals surface area (Å²) in [6.45, 7) is 14.0. The molecule has 0 heterocycles. The van der Waals surface area contributed by atoms with Crippen molar-refractivity contribution < 1.29 is 0 Å². The molecule has 0 nitrogen and oxygen atoms in total. The SMILES string of the molecule is C=CCc1ccc(/C(C)=C/C)c(C=C)c1/C=C\C. The molecule has 0 N–H and O–H groups in total. The zero-order valence-electron chi connectivity index (χ0n) is 11.7. The highest BCUT2D eigenvalue weighted by molar-refractivity contribution is 5.79. The molecular formula is C18H22. The molecule has 1 aromatic rings. The van der Waals surface area contributed by atoms with E-state index in [1.54, 1.807) is 0 Å². The standard InChI is InChI=1S/C18H22/c1-6-10-15-12-13-17(14(5)8-3)16(9-4)18(15)11-7-2/h6-9,11-13H,1,4,10H2,2-3,5H3/b11-7-,14-8+. The molecule has 0 saturated heterocycles. The van der Waals surface area contributed by atoms with Crippen molar-refractivity contribution >= 4 is 17.7 Å². The van der Waals surface area contributed by atoms with Crippen LogP contribution in [-0.4, -0.2) is 0 Å². The van der Waals surface area contributed by atoms with E-state index in [1.807, 2.05) is 19.1 Å². The molecular weight excluding hydrogens is 216 g/mol. The lowest BCUT2D eigenvalue weighted by Gasteiger charge is -2.14. The molecule has 0 bridgehead atoms. The Morgan fingerprint density at radius 2 is 1.89 bits per heavy atom. The van der Waals surface area contributed by atoms with Crippen molar-refractivity contribution in [3.63, 3.8) is 0 Å². The van der Waals surface area contributed by atoms with Crippen LogP contribution >= 0.6 is 0 Å². The second-order valence-electron chi connectivity index (χ2n) is 4.27. The highest BCUT2D eigenvalue weighted by Crippen LogP contribution is 2.28. The molecule has 0 heteroatoms. The summed E-state index contributed by atoms with van der Waals surface area (Å²) < 4.78 is 0. The molecule has 0 saturated carbocycles. The molecule has 0 aliphatic heterocycles. The van der Waals surface area contributed by atoms with Crippen LogP contribution in [0.4, 0.5) is 0 Å². The van der Waals surface area contributed by atoms with Crippen molar-refractivity contribution in [3.05, 3.63) is 65.8 Å². The van der Waals surface area contributed by atoms with Crippen molar-refractivity contribution in [1.29, 1.82) is 0 Å². The van der Waals surface area contributed by atoms with Gasteiger partial charge in [0.05, 0.1) is 0 Å². The third-order valence-electron chi connectivity index (χ3n) is 3.14. The first kappa shape index (κ1) is 14.2.